The molecule has 0 spiro atoms. The molecule has 0 radical (unpaired) electrons. The number of esters is 1. The molecule has 0 bridgehead atoms. The molecule has 1 heterocycles. The Kier molecular flexibility index (Phi) is 5.66. The van der Waals surface area contributed by atoms with Crippen LogP contribution in [0.15, 0.2) is 24.3 Å². The third-order valence-corrected chi connectivity index (χ3v) is 2.24. The van der Waals surface area contributed by atoms with Crippen molar-refractivity contribution in [3.8, 4) is 11.5 Å². The minimum absolute atomic E-state index is 0. The summed E-state index contributed by atoms with van der Waals surface area (Å²) in [5.41, 5.74) is 0. The fourth-order valence-corrected chi connectivity index (χ4v) is 1.31. The Morgan fingerprint density at radius 3 is 2.16 bits per heavy atom. The summed E-state index contributed by atoms with van der Waals surface area (Å²) < 4.78 is 49.1. The van der Waals surface area contributed by atoms with Gasteiger partial charge < -0.3 is 14.2 Å². The van der Waals surface area contributed by atoms with Gasteiger partial charge in [0.05, 0.1) is 6.61 Å². The molecular weight excluding hydrogens is 276 g/mol. The van der Waals surface area contributed by atoms with Gasteiger partial charge in [-0.15, -0.1) is 13.2 Å². The Labute approximate surface area is 129 Å². The van der Waals surface area contributed by atoms with Crippen LogP contribution in [-0.2, 0) is 9.53 Å². The van der Waals surface area contributed by atoms with E-state index in [2.05, 4.69) is 4.74 Å². The van der Waals surface area contributed by atoms with E-state index >= 15 is 0 Å². The molecule has 0 aliphatic carbocycles. The molecule has 1 aromatic carbocycles. The van der Waals surface area contributed by atoms with Crippen LogP contribution < -0.4 is 9.47 Å². The van der Waals surface area contributed by atoms with E-state index in [0.717, 1.165) is 12.1 Å². The zero-order valence-electron chi connectivity index (χ0n) is 9.07. The second kappa shape index (κ2) is 6.60. The summed E-state index contributed by atoms with van der Waals surface area (Å²) in [6, 6.07) is 4.57. The van der Waals surface area contributed by atoms with Gasteiger partial charge in [-0.3, -0.25) is 0 Å². The first kappa shape index (κ1) is 16.3. The predicted molar refractivity (Wildman–Crippen MR) is 60.3 cm³/mol. The van der Waals surface area contributed by atoms with Gasteiger partial charge in [0.15, 0.2) is 6.10 Å². The summed E-state index contributed by atoms with van der Waals surface area (Å²) in [5, 5.41) is 0. The number of hydrogen-bond acceptors (Lipinski definition) is 4. The van der Waals surface area contributed by atoms with Crippen LogP contribution >= 0.6 is 0 Å². The van der Waals surface area contributed by atoms with Gasteiger partial charge in [0.2, 0.25) is 0 Å². The van der Waals surface area contributed by atoms with Gasteiger partial charge in [0.1, 0.15) is 11.5 Å². The molecule has 1 aliphatic heterocycles. The molecule has 0 N–H and O–H groups in total. The number of carbonyl (C=O) groups excluding carboxylic acids is 1. The van der Waals surface area contributed by atoms with E-state index in [-0.39, 0.29) is 41.1 Å². The fourth-order valence-electron chi connectivity index (χ4n) is 1.31. The standard InChI is InChI=1S/C11H9F3O4.Na.H/c12-11(13,14)18-8-3-1-7(2-4-8)17-10(15)9-5-6-16-9;;/h1-4,9H,5-6H2;;. The number of carbonyl (C=O) groups is 1. The zero-order chi connectivity index (χ0) is 13.2. The monoisotopic (exact) mass is 286 g/mol. The summed E-state index contributed by atoms with van der Waals surface area (Å²) in [5.74, 6) is -0.780. The summed E-state index contributed by atoms with van der Waals surface area (Å²) in [7, 11) is 0. The van der Waals surface area contributed by atoms with Gasteiger partial charge in [-0.05, 0) is 24.3 Å². The van der Waals surface area contributed by atoms with E-state index in [0.29, 0.717) is 13.0 Å². The second-order valence-electron chi connectivity index (χ2n) is 3.59. The van der Waals surface area contributed by atoms with Gasteiger partial charge in [-0.25, -0.2) is 4.79 Å². The number of alkyl halides is 3. The summed E-state index contributed by atoms with van der Waals surface area (Å²) >= 11 is 0. The number of halogens is 3. The van der Waals surface area contributed by atoms with Crippen molar-refractivity contribution in [3.05, 3.63) is 24.3 Å². The van der Waals surface area contributed by atoms with Gasteiger partial charge >= 0.3 is 41.9 Å². The van der Waals surface area contributed by atoms with Crippen LogP contribution in [-0.4, -0.2) is 54.6 Å². The van der Waals surface area contributed by atoms with Crippen molar-refractivity contribution in [1.82, 2.24) is 0 Å². The topological polar surface area (TPSA) is 44.8 Å². The molecule has 1 atom stereocenters. The van der Waals surface area contributed by atoms with E-state index in [9.17, 15) is 18.0 Å². The molecule has 1 unspecified atom stereocenters. The van der Waals surface area contributed by atoms with Gasteiger partial charge in [-0.2, -0.15) is 0 Å². The number of ether oxygens (including phenoxy) is 3. The van der Waals surface area contributed by atoms with E-state index in [1.807, 2.05) is 0 Å². The van der Waals surface area contributed by atoms with Crippen LogP contribution in [0.5, 0.6) is 11.5 Å². The second-order valence-corrected chi connectivity index (χ2v) is 3.59. The minimum atomic E-state index is -4.74. The number of hydrogen-bond donors (Lipinski definition) is 0. The first-order chi connectivity index (χ1) is 8.44. The summed E-state index contributed by atoms with van der Waals surface area (Å²) in [6.07, 6.45) is -4.72. The van der Waals surface area contributed by atoms with Crippen molar-refractivity contribution in [2.24, 2.45) is 0 Å². The molecule has 1 aliphatic rings. The number of rotatable bonds is 3. The zero-order valence-corrected chi connectivity index (χ0v) is 9.07. The first-order valence-corrected chi connectivity index (χ1v) is 5.13. The average molecular weight is 286 g/mol. The van der Waals surface area contributed by atoms with Crippen LogP contribution in [0.25, 0.3) is 0 Å². The third-order valence-electron chi connectivity index (χ3n) is 2.24. The van der Waals surface area contributed by atoms with Crippen molar-refractivity contribution >= 4 is 35.5 Å². The molecule has 1 fully saturated rings. The Morgan fingerprint density at radius 1 is 1.21 bits per heavy atom. The molecule has 4 nitrogen and oxygen atoms in total. The van der Waals surface area contributed by atoms with Gasteiger partial charge in [0.25, 0.3) is 0 Å². The van der Waals surface area contributed by atoms with Crippen molar-refractivity contribution in [2.75, 3.05) is 6.61 Å². The molecule has 1 aromatic rings. The Balaban J connectivity index is 0.00000180. The van der Waals surface area contributed by atoms with E-state index in [1.165, 1.54) is 12.1 Å². The van der Waals surface area contributed by atoms with Crippen molar-refractivity contribution in [1.29, 1.82) is 0 Å². The van der Waals surface area contributed by atoms with Crippen molar-refractivity contribution in [2.45, 2.75) is 18.9 Å². The summed E-state index contributed by atoms with van der Waals surface area (Å²) in [6.45, 7) is 0.512. The first-order valence-electron chi connectivity index (χ1n) is 5.13. The molecule has 100 valence electrons. The van der Waals surface area contributed by atoms with Gasteiger partial charge in [0, 0.05) is 6.42 Å². The van der Waals surface area contributed by atoms with Gasteiger partial charge in [-0.1, -0.05) is 0 Å². The fraction of sp³-hybridized carbons (Fsp3) is 0.364. The van der Waals surface area contributed by atoms with Crippen LogP contribution in [0.3, 0.4) is 0 Å². The molecule has 0 aromatic heterocycles. The van der Waals surface area contributed by atoms with Crippen LogP contribution in [0.4, 0.5) is 13.2 Å². The van der Waals surface area contributed by atoms with Crippen LogP contribution in [0.1, 0.15) is 6.42 Å². The quantitative estimate of drug-likeness (QED) is 0.481. The van der Waals surface area contributed by atoms with Crippen molar-refractivity contribution < 1.29 is 32.2 Å². The third kappa shape index (κ3) is 5.02. The predicted octanol–water partition coefficient (Wildman–Crippen LogP) is 1.63. The maximum atomic E-state index is 11.9. The van der Waals surface area contributed by atoms with Crippen LogP contribution in [0, 0.1) is 0 Å². The molecule has 8 heteroatoms. The van der Waals surface area contributed by atoms with E-state index in [4.69, 9.17) is 9.47 Å². The van der Waals surface area contributed by atoms with Crippen molar-refractivity contribution in [3.63, 3.8) is 0 Å². The molecule has 19 heavy (non-hydrogen) atoms. The van der Waals surface area contributed by atoms with Crippen LogP contribution in [0.2, 0.25) is 0 Å². The van der Waals surface area contributed by atoms with E-state index in [1.54, 1.807) is 0 Å². The normalized spacial score (nSPS) is 17.9. The summed E-state index contributed by atoms with van der Waals surface area (Å²) in [4.78, 5) is 11.3. The SMILES string of the molecule is O=C(Oc1ccc(OC(F)(F)F)cc1)C1CCO1.[NaH]. The molecule has 2 rings (SSSR count). The average Bonchev–Trinajstić information content (AvgIpc) is 2.16. The molecule has 0 saturated carbocycles. The molecule has 1 saturated heterocycles. The molecular formula is C11H10F3NaO4. The maximum absolute atomic E-state index is 11.9. The Hall–Kier alpha value is -0.760. The Morgan fingerprint density at radius 2 is 1.74 bits per heavy atom. The van der Waals surface area contributed by atoms with E-state index < -0.39 is 18.4 Å². The molecule has 0 amide bonds. The Bertz CT molecular complexity index is 429. The number of benzene rings is 1.